The molecule has 2 aromatic carbocycles. The molecule has 0 radical (unpaired) electrons. The highest BCUT2D eigenvalue weighted by molar-refractivity contribution is 7.99. The first-order valence-corrected chi connectivity index (χ1v) is 12.5. The number of carbonyl (C=O) groups excluding carboxylic acids is 1. The van der Waals surface area contributed by atoms with E-state index >= 15 is 0 Å². The second-order valence-electron chi connectivity index (χ2n) is 7.52. The van der Waals surface area contributed by atoms with Gasteiger partial charge in [-0.2, -0.15) is 0 Å². The number of fused-ring (bicyclic) bond motifs is 5. The van der Waals surface area contributed by atoms with E-state index in [1.807, 2.05) is 52.9 Å². The van der Waals surface area contributed by atoms with E-state index < -0.39 is 9.84 Å². The van der Waals surface area contributed by atoms with Crippen LogP contribution < -0.4 is 0 Å². The van der Waals surface area contributed by atoms with Crippen molar-refractivity contribution in [1.29, 1.82) is 0 Å². The summed E-state index contributed by atoms with van der Waals surface area (Å²) >= 11 is 1.35. The van der Waals surface area contributed by atoms with Crippen LogP contribution in [0.1, 0.15) is 6.42 Å². The normalized spacial score (nSPS) is 18.4. The van der Waals surface area contributed by atoms with Crippen LogP contribution in [0.15, 0.2) is 53.7 Å². The number of imidazole rings is 1. The number of thioether (sulfide) groups is 1. The van der Waals surface area contributed by atoms with Crippen LogP contribution in [-0.2, 0) is 14.6 Å². The third-order valence-electron chi connectivity index (χ3n) is 5.59. The summed E-state index contributed by atoms with van der Waals surface area (Å²) in [6.07, 6.45) is 0.500. The molecule has 5 rings (SSSR count). The summed E-state index contributed by atoms with van der Waals surface area (Å²) in [6, 6.07) is 15.4. The molecule has 1 saturated heterocycles. The zero-order valence-electron chi connectivity index (χ0n) is 16.4. The summed E-state index contributed by atoms with van der Waals surface area (Å²) in [5, 5.41) is 1.65. The third-order valence-corrected chi connectivity index (χ3v) is 8.26. The molecule has 0 spiro atoms. The lowest BCUT2D eigenvalue weighted by molar-refractivity contribution is -0.128. The Morgan fingerprint density at radius 2 is 1.87 bits per heavy atom. The van der Waals surface area contributed by atoms with Crippen LogP contribution in [0.4, 0.5) is 0 Å². The quantitative estimate of drug-likeness (QED) is 0.358. The molecular formula is C21H20N4O3S2. The van der Waals surface area contributed by atoms with Crippen molar-refractivity contribution >= 4 is 55.1 Å². The first kappa shape index (κ1) is 19.3. The number of hydrogen-bond donors (Lipinski definition) is 0. The van der Waals surface area contributed by atoms with Crippen LogP contribution in [0.5, 0.6) is 0 Å². The van der Waals surface area contributed by atoms with Crippen molar-refractivity contribution in [1.82, 2.24) is 19.3 Å². The molecule has 2 aromatic heterocycles. The molecular weight excluding hydrogens is 420 g/mol. The lowest BCUT2D eigenvalue weighted by Crippen LogP contribution is -2.38. The minimum Gasteiger partial charge on any atom is -0.341 e. The molecule has 0 saturated carbocycles. The molecule has 1 amide bonds. The Morgan fingerprint density at radius 1 is 1.13 bits per heavy atom. The summed E-state index contributed by atoms with van der Waals surface area (Å²) in [7, 11) is -1.35. The van der Waals surface area contributed by atoms with Crippen LogP contribution in [-0.4, -0.2) is 63.9 Å². The standard InChI is InChI=1S/C21H20N4O3S2/c1-24(14-10-11-30(27,28)13-14)19(26)12-29-21-23-16-7-3-2-6-15(16)20-22-17-8-4-5-9-18(17)25(20)21/h2-9,14H,10-13H2,1H3/t14-/m0/s1. The minimum absolute atomic E-state index is 0.0462. The predicted octanol–water partition coefficient (Wildman–Crippen LogP) is 2.77. The van der Waals surface area contributed by atoms with Crippen molar-refractivity contribution in [3.63, 3.8) is 0 Å². The molecule has 3 heterocycles. The fraction of sp³-hybridized carbons (Fsp3) is 0.286. The Kier molecular flexibility index (Phi) is 4.67. The van der Waals surface area contributed by atoms with E-state index in [-0.39, 0.29) is 29.2 Å². The maximum atomic E-state index is 12.8. The van der Waals surface area contributed by atoms with Crippen molar-refractivity contribution in [3.8, 4) is 0 Å². The van der Waals surface area contributed by atoms with E-state index in [2.05, 4.69) is 0 Å². The molecule has 1 fully saturated rings. The Balaban J connectivity index is 1.50. The van der Waals surface area contributed by atoms with Gasteiger partial charge in [0.05, 0.1) is 33.8 Å². The smallest absolute Gasteiger partial charge is 0.233 e. The van der Waals surface area contributed by atoms with E-state index in [4.69, 9.17) is 9.97 Å². The first-order valence-electron chi connectivity index (χ1n) is 9.68. The Bertz CT molecular complexity index is 1400. The molecule has 1 atom stereocenters. The van der Waals surface area contributed by atoms with Gasteiger partial charge < -0.3 is 4.90 Å². The number of benzene rings is 2. The van der Waals surface area contributed by atoms with Gasteiger partial charge in [0.2, 0.25) is 5.91 Å². The number of carbonyl (C=O) groups is 1. The van der Waals surface area contributed by atoms with E-state index in [0.29, 0.717) is 11.6 Å². The lowest BCUT2D eigenvalue weighted by Gasteiger charge is -2.23. The van der Waals surface area contributed by atoms with Gasteiger partial charge >= 0.3 is 0 Å². The monoisotopic (exact) mass is 440 g/mol. The molecule has 0 N–H and O–H groups in total. The van der Waals surface area contributed by atoms with E-state index in [1.54, 1.807) is 11.9 Å². The molecule has 1 aliphatic heterocycles. The second-order valence-corrected chi connectivity index (χ2v) is 10.7. The maximum Gasteiger partial charge on any atom is 0.233 e. The molecule has 7 nitrogen and oxygen atoms in total. The van der Waals surface area contributed by atoms with Gasteiger partial charge in [0.25, 0.3) is 0 Å². The number of rotatable bonds is 4. The summed E-state index contributed by atoms with van der Waals surface area (Å²) < 4.78 is 25.5. The largest absolute Gasteiger partial charge is 0.341 e. The van der Waals surface area contributed by atoms with Crippen molar-refractivity contribution in [2.45, 2.75) is 17.6 Å². The molecule has 1 aliphatic rings. The number of hydrogen-bond acceptors (Lipinski definition) is 6. The summed E-state index contributed by atoms with van der Waals surface area (Å²) in [5.41, 5.74) is 3.45. The predicted molar refractivity (Wildman–Crippen MR) is 119 cm³/mol. The summed E-state index contributed by atoms with van der Waals surface area (Å²) in [5.74, 6) is 0.274. The van der Waals surface area contributed by atoms with Crippen molar-refractivity contribution in [2.75, 3.05) is 24.3 Å². The zero-order chi connectivity index (χ0) is 20.9. The number of aromatic nitrogens is 3. The molecule has 0 unspecified atom stereocenters. The van der Waals surface area contributed by atoms with E-state index in [9.17, 15) is 13.2 Å². The van der Waals surface area contributed by atoms with Crippen molar-refractivity contribution in [2.24, 2.45) is 0 Å². The summed E-state index contributed by atoms with van der Waals surface area (Å²) in [4.78, 5) is 23.9. The Morgan fingerprint density at radius 3 is 2.63 bits per heavy atom. The van der Waals surface area contributed by atoms with Crippen LogP contribution in [0.25, 0.3) is 27.6 Å². The van der Waals surface area contributed by atoms with Crippen LogP contribution in [0, 0.1) is 0 Å². The number of sulfone groups is 1. The fourth-order valence-electron chi connectivity index (χ4n) is 3.92. The minimum atomic E-state index is -3.04. The van der Waals surface area contributed by atoms with Crippen LogP contribution in [0.3, 0.4) is 0 Å². The average Bonchev–Trinajstić information content (AvgIpc) is 3.31. The first-order chi connectivity index (χ1) is 14.4. The second kappa shape index (κ2) is 7.24. The Labute approximate surface area is 178 Å². The maximum absolute atomic E-state index is 12.8. The number of para-hydroxylation sites is 3. The van der Waals surface area contributed by atoms with Gasteiger partial charge in [-0.1, -0.05) is 36.0 Å². The molecule has 0 bridgehead atoms. The van der Waals surface area contributed by atoms with E-state index in [1.165, 1.54) is 11.8 Å². The van der Waals surface area contributed by atoms with Crippen molar-refractivity contribution < 1.29 is 13.2 Å². The van der Waals surface area contributed by atoms with Gasteiger partial charge in [0.1, 0.15) is 5.65 Å². The molecule has 154 valence electrons. The average molecular weight is 441 g/mol. The van der Waals surface area contributed by atoms with Gasteiger partial charge in [-0.15, -0.1) is 0 Å². The Hall–Kier alpha value is -2.65. The number of amides is 1. The fourth-order valence-corrected chi connectivity index (χ4v) is 6.63. The molecule has 9 heteroatoms. The third kappa shape index (κ3) is 3.31. The van der Waals surface area contributed by atoms with Crippen molar-refractivity contribution in [3.05, 3.63) is 48.5 Å². The number of nitrogens with zero attached hydrogens (tertiary/aromatic N) is 4. The highest BCUT2D eigenvalue weighted by Crippen LogP contribution is 2.29. The highest BCUT2D eigenvalue weighted by atomic mass is 32.2. The highest BCUT2D eigenvalue weighted by Gasteiger charge is 2.32. The van der Waals surface area contributed by atoms with Gasteiger partial charge in [-0.25, -0.2) is 18.4 Å². The topological polar surface area (TPSA) is 84.6 Å². The lowest BCUT2D eigenvalue weighted by atomic mass is 10.2. The molecule has 4 aromatic rings. The van der Waals surface area contributed by atoms with Gasteiger partial charge in [-0.3, -0.25) is 9.20 Å². The van der Waals surface area contributed by atoms with E-state index in [0.717, 1.165) is 27.6 Å². The van der Waals surface area contributed by atoms with Gasteiger partial charge in [0.15, 0.2) is 15.0 Å². The molecule has 30 heavy (non-hydrogen) atoms. The van der Waals surface area contributed by atoms with Gasteiger partial charge in [0, 0.05) is 18.5 Å². The summed E-state index contributed by atoms with van der Waals surface area (Å²) in [6.45, 7) is 0. The zero-order valence-corrected chi connectivity index (χ0v) is 18.0. The van der Waals surface area contributed by atoms with Crippen LogP contribution in [0.2, 0.25) is 0 Å². The molecule has 0 aliphatic carbocycles. The van der Waals surface area contributed by atoms with Crippen LogP contribution >= 0.6 is 11.8 Å². The van der Waals surface area contributed by atoms with Gasteiger partial charge in [-0.05, 0) is 30.7 Å². The SMILES string of the molecule is CN(C(=O)CSc1nc2ccccc2c2nc3ccccc3n12)[C@H]1CCS(=O)(=O)C1.